The van der Waals surface area contributed by atoms with Crippen molar-refractivity contribution in [3.63, 3.8) is 0 Å². The summed E-state index contributed by atoms with van der Waals surface area (Å²) in [6, 6.07) is 5.04. The predicted molar refractivity (Wildman–Crippen MR) is 172 cm³/mol. The van der Waals surface area contributed by atoms with E-state index in [1.807, 2.05) is 0 Å². The van der Waals surface area contributed by atoms with Crippen LogP contribution in [0.15, 0.2) is 12.1 Å². The van der Waals surface area contributed by atoms with Gasteiger partial charge in [-0.15, -0.1) is 0 Å². The van der Waals surface area contributed by atoms with Crippen molar-refractivity contribution in [2.45, 2.75) is 192 Å². The average molecular weight is 553 g/mol. The van der Waals surface area contributed by atoms with Crippen molar-refractivity contribution in [2.24, 2.45) is 0 Å². The van der Waals surface area contributed by atoms with Crippen molar-refractivity contribution in [3.05, 3.63) is 23.3 Å². The minimum absolute atomic E-state index is 0.670. The third-order valence-corrected chi connectivity index (χ3v) is 10.6. The molecular formula is C36H60N2S. The molecule has 0 radical (unpaired) electrons. The summed E-state index contributed by atoms with van der Waals surface area (Å²) in [4.78, 5) is 0. The second-order valence-corrected chi connectivity index (χ2v) is 13.8. The maximum absolute atomic E-state index is 4.99. The summed E-state index contributed by atoms with van der Waals surface area (Å²) in [6.07, 6.45) is 39.7. The first-order valence-corrected chi connectivity index (χ1v) is 18.4. The van der Waals surface area contributed by atoms with Crippen molar-refractivity contribution in [3.8, 4) is 0 Å². The Balaban J connectivity index is 1.46. The van der Waals surface area contributed by atoms with Crippen LogP contribution in [0.3, 0.4) is 0 Å². The number of rotatable bonds is 2. The molecule has 0 amide bonds. The van der Waals surface area contributed by atoms with E-state index in [4.69, 9.17) is 8.75 Å². The lowest BCUT2D eigenvalue weighted by Crippen LogP contribution is -2.05. The van der Waals surface area contributed by atoms with Gasteiger partial charge < -0.3 is 0 Å². The zero-order valence-corrected chi connectivity index (χ0v) is 26.2. The Kier molecular flexibility index (Phi) is 15.3. The Morgan fingerprint density at radius 1 is 0.359 bits per heavy atom. The Hall–Kier alpha value is -0.960. The summed E-state index contributed by atoms with van der Waals surface area (Å²) in [5.74, 6) is 1.34. The van der Waals surface area contributed by atoms with E-state index in [0.717, 1.165) is 0 Å². The van der Waals surface area contributed by atoms with Gasteiger partial charge in [-0.3, -0.25) is 0 Å². The average Bonchev–Trinajstić information content (AvgIpc) is 3.43. The van der Waals surface area contributed by atoms with Crippen LogP contribution in [0.25, 0.3) is 11.0 Å². The molecule has 220 valence electrons. The highest BCUT2D eigenvalue weighted by Crippen LogP contribution is 2.39. The molecule has 2 fully saturated rings. The molecule has 1 aromatic carbocycles. The van der Waals surface area contributed by atoms with Crippen molar-refractivity contribution >= 4 is 22.8 Å². The van der Waals surface area contributed by atoms with Gasteiger partial charge in [0.15, 0.2) is 0 Å². The molecule has 0 bridgehead atoms. The summed E-state index contributed by atoms with van der Waals surface area (Å²) >= 11 is 1.47. The Labute approximate surface area is 245 Å². The van der Waals surface area contributed by atoms with Crippen molar-refractivity contribution in [2.75, 3.05) is 0 Å². The normalized spacial score (nSPS) is 22.9. The van der Waals surface area contributed by atoms with Gasteiger partial charge in [0.25, 0.3) is 0 Å². The summed E-state index contributed by atoms with van der Waals surface area (Å²) < 4.78 is 9.97. The van der Waals surface area contributed by atoms with Gasteiger partial charge in [0.2, 0.25) is 0 Å². The molecule has 3 heteroatoms. The van der Waals surface area contributed by atoms with Crippen molar-refractivity contribution in [1.82, 2.24) is 8.75 Å². The van der Waals surface area contributed by atoms with E-state index < -0.39 is 0 Å². The number of hydrogen-bond donors (Lipinski definition) is 0. The zero-order chi connectivity index (χ0) is 26.8. The minimum Gasteiger partial charge on any atom is -0.173 e. The van der Waals surface area contributed by atoms with Crippen molar-refractivity contribution < 1.29 is 0 Å². The van der Waals surface area contributed by atoms with E-state index in [0.29, 0.717) is 11.8 Å². The number of benzene rings is 1. The highest BCUT2D eigenvalue weighted by Gasteiger charge is 2.22. The van der Waals surface area contributed by atoms with Crippen LogP contribution in [-0.2, 0) is 0 Å². The van der Waals surface area contributed by atoms with Gasteiger partial charge in [0, 0.05) is 0 Å². The van der Waals surface area contributed by atoms with Gasteiger partial charge in [-0.05, 0) is 48.6 Å². The second kappa shape index (κ2) is 19.2. The van der Waals surface area contributed by atoms with E-state index >= 15 is 0 Å². The molecule has 0 saturated heterocycles. The van der Waals surface area contributed by atoms with E-state index in [-0.39, 0.29) is 0 Å². The van der Waals surface area contributed by atoms with Gasteiger partial charge in [-0.25, -0.2) is 0 Å². The molecule has 0 unspecified atom stereocenters. The highest BCUT2D eigenvalue weighted by molar-refractivity contribution is 7.00. The van der Waals surface area contributed by atoms with Gasteiger partial charge in [-0.1, -0.05) is 166 Å². The first-order chi connectivity index (χ1) is 19.4. The maximum atomic E-state index is 4.99. The summed E-state index contributed by atoms with van der Waals surface area (Å²) in [7, 11) is 0. The molecular weight excluding hydrogens is 492 g/mol. The van der Waals surface area contributed by atoms with Crippen LogP contribution in [0.2, 0.25) is 0 Å². The third-order valence-electron chi connectivity index (χ3n) is 10.1. The molecule has 2 aliphatic rings. The summed E-state index contributed by atoms with van der Waals surface area (Å²) in [6.45, 7) is 0. The molecule has 0 atom stereocenters. The predicted octanol–water partition coefficient (Wildman–Crippen LogP) is 12.8. The molecule has 0 N–H and O–H groups in total. The Bertz CT molecular complexity index is 787. The number of fused-ring (bicyclic) bond motifs is 1. The molecule has 1 heterocycles. The Morgan fingerprint density at radius 3 is 0.846 bits per heavy atom. The smallest absolute Gasteiger partial charge is 0.108 e. The summed E-state index contributed by atoms with van der Waals surface area (Å²) in [5, 5.41) is 0. The van der Waals surface area contributed by atoms with Gasteiger partial charge >= 0.3 is 0 Å². The molecule has 2 aliphatic carbocycles. The summed E-state index contributed by atoms with van der Waals surface area (Å²) in [5.41, 5.74) is 5.61. The highest BCUT2D eigenvalue weighted by atomic mass is 32.1. The lowest BCUT2D eigenvalue weighted by molar-refractivity contribution is 0.491. The van der Waals surface area contributed by atoms with E-state index in [1.54, 1.807) is 0 Å². The number of hydrogen-bond acceptors (Lipinski definition) is 3. The number of nitrogens with zero attached hydrogens (tertiary/aromatic N) is 2. The van der Waals surface area contributed by atoms with Crippen LogP contribution in [-0.4, -0.2) is 8.75 Å². The molecule has 4 rings (SSSR count). The van der Waals surface area contributed by atoms with E-state index in [2.05, 4.69) is 12.1 Å². The zero-order valence-electron chi connectivity index (χ0n) is 25.4. The van der Waals surface area contributed by atoms with Gasteiger partial charge in [0.1, 0.15) is 11.0 Å². The second-order valence-electron chi connectivity index (χ2n) is 13.2. The van der Waals surface area contributed by atoms with Crippen LogP contribution in [0.5, 0.6) is 0 Å². The standard InChI is InChI=1S/C36H60N2S/c1-2-6-10-14-18-22-26-31(25-21-17-13-9-5-1)33-29-30-34(36-35(33)37-39-38-36)32-27-23-19-15-11-7-3-4-8-12-16-20-24-28-32/h29-32H,1-28H2. The quantitative estimate of drug-likeness (QED) is 0.370. The lowest BCUT2D eigenvalue weighted by atomic mass is 9.83. The molecule has 2 aromatic rings. The molecule has 0 aliphatic heterocycles. The topological polar surface area (TPSA) is 25.8 Å². The van der Waals surface area contributed by atoms with Crippen molar-refractivity contribution in [1.29, 1.82) is 0 Å². The fourth-order valence-electron chi connectivity index (χ4n) is 7.57. The fraction of sp³-hybridized carbons (Fsp3) is 0.833. The van der Waals surface area contributed by atoms with Crippen LogP contribution in [0.1, 0.15) is 203 Å². The molecule has 2 nitrogen and oxygen atoms in total. The first-order valence-electron chi connectivity index (χ1n) is 17.7. The fourth-order valence-corrected chi connectivity index (χ4v) is 8.16. The third kappa shape index (κ3) is 11.1. The van der Waals surface area contributed by atoms with Crippen LogP contribution < -0.4 is 0 Å². The monoisotopic (exact) mass is 552 g/mol. The van der Waals surface area contributed by atoms with Crippen LogP contribution >= 0.6 is 11.7 Å². The Morgan fingerprint density at radius 2 is 0.590 bits per heavy atom. The van der Waals surface area contributed by atoms with E-state index in [9.17, 15) is 0 Å². The van der Waals surface area contributed by atoms with E-state index in [1.165, 1.54) is 214 Å². The van der Waals surface area contributed by atoms with Crippen LogP contribution in [0.4, 0.5) is 0 Å². The lowest BCUT2D eigenvalue weighted by Gasteiger charge is -2.22. The largest absolute Gasteiger partial charge is 0.173 e. The van der Waals surface area contributed by atoms with Crippen LogP contribution in [0, 0.1) is 0 Å². The minimum atomic E-state index is 0.670. The first kappa shape index (κ1) is 31.0. The molecule has 39 heavy (non-hydrogen) atoms. The number of aromatic nitrogens is 2. The van der Waals surface area contributed by atoms with Gasteiger partial charge in [0.05, 0.1) is 11.7 Å². The SMILES string of the molecule is c1cc(C2CCCCCCCCCCCCCC2)c2nsnc2c1C1CCCCCCCCCCCCCC1. The molecule has 1 aromatic heterocycles. The molecule has 0 spiro atoms. The maximum Gasteiger partial charge on any atom is 0.108 e. The van der Waals surface area contributed by atoms with Gasteiger partial charge in [-0.2, -0.15) is 8.75 Å². The molecule has 2 saturated carbocycles.